The van der Waals surface area contributed by atoms with Crippen molar-refractivity contribution in [1.29, 1.82) is 0 Å². The van der Waals surface area contributed by atoms with E-state index in [1.54, 1.807) is 51.3 Å². The first kappa shape index (κ1) is 40.1. The van der Waals surface area contributed by atoms with Crippen molar-refractivity contribution in [3.05, 3.63) is 36.0 Å². The predicted molar refractivity (Wildman–Crippen MR) is 181 cm³/mol. The fourth-order valence-corrected chi connectivity index (χ4v) is 6.21. The Morgan fingerprint density at radius 2 is 1.98 bits per heavy atom. The van der Waals surface area contributed by atoms with Gasteiger partial charge in [0.1, 0.15) is 11.7 Å². The van der Waals surface area contributed by atoms with Gasteiger partial charge in [-0.25, -0.2) is 4.79 Å². The van der Waals surface area contributed by atoms with Crippen LogP contribution in [0.15, 0.2) is 36.0 Å². The molecule has 0 aliphatic carbocycles. The summed E-state index contributed by atoms with van der Waals surface area (Å²) in [4.78, 5) is 29.7. The Labute approximate surface area is 286 Å². The van der Waals surface area contributed by atoms with Gasteiger partial charge in [-0.05, 0) is 51.7 Å². The van der Waals surface area contributed by atoms with Crippen LogP contribution in [0, 0.1) is 11.8 Å². The molecular formula is C36H60N2O10. The number of cyclic esters (lactones) is 1. The summed E-state index contributed by atoms with van der Waals surface area (Å²) < 4.78 is 22.8. The number of aliphatic hydroxyl groups excluding tert-OH is 2. The maximum Gasteiger partial charge on any atom is 0.410 e. The molecule has 3 heterocycles. The second-order valence-corrected chi connectivity index (χ2v) is 14.4. The molecule has 12 nitrogen and oxygen atoms in total. The number of carbonyl (C=O) groups is 2. The van der Waals surface area contributed by atoms with Crippen molar-refractivity contribution in [2.45, 2.75) is 121 Å². The number of morpholine rings is 1. The maximum atomic E-state index is 13.1. The van der Waals surface area contributed by atoms with Crippen molar-refractivity contribution in [2.24, 2.45) is 11.8 Å². The monoisotopic (exact) mass is 680 g/mol. The zero-order valence-electron chi connectivity index (χ0n) is 29.9. The van der Waals surface area contributed by atoms with Gasteiger partial charge in [0.25, 0.3) is 0 Å². The van der Waals surface area contributed by atoms with E-state index in [1.807, 2.05) is 27.7 Å². The topological polar surface area (TPSA) is 162 Å². The van der Waals surface area contributed by atoms with E-state index < -0.39 is 47.7 Å². The van der Waals surface area contributed by atoms with Gasteiger partial charge in [0, 0.05) is 51.5 Å². The molecule has 2 fully saturated rings. The lowest BCUT2D eigenvalue weighted by Gasteiger charge is -2.34. The molecule has 4 N–H and O–H groups in total. The zero-order chi connectivity index (χ0) is 35.6. The number of carbonyl (C=O) groups excluding carboxylic acids is 2. The Morgan fingerprint density at radius 3 is 2.65 bits per heavy atom. The molecule has 48 heavy (non-hydrogen) atoms. The third-order valence-electron chi connectivity index (χ3n) is 9.76. The van der Waals surface area contributed by atoms with Crippen LogP contribution < -0.4 is 0 Å². The van der Waals surface area contributed by atoms with E-state index in [2.05, 4.69) is 4.90 Å². The van der Waals surface area contributed by atoms with Crippen molar-refractivity contribution in [3.63, 3.8) is 0 Å². The van der Waals surface area contributed by atoms with E-state index >= 15 is 0 Å². The summed E-state index contributed by atoms with van der Waals surface area (Å²) in [5, 5.41) is 43.2. The van der Waals surface area contributed by atoms with Crippen LogP contribution in [0.1, 0.15) is 73.6 Å². The highest BCUT2D eigenvalue weighted by Gasteiger charge is 2.47. The van der Waals surface area contributed by atoms with Gasteiger partial charge in [0.15, 0.2) is 6.10 Å². The lowest BCUT2D eigenvalue weighted by atomic mass is 9.88. The predicted octanol–water partition coefficient (Wildman–Crippen LogP) is 2.97. The summed E-state index contributed by atoms with van der Waals surface area (Å²) in [6.07, 6.45) is 5.47. The average molecular weight is 681 g/mol. The molecule has 0 aromatic carbocycles. The Kier molecular flexibility index (Phi) is 15.1. The second-order valence-electron chi connectivity index (χ2n) is 14.4. The molecule has 0 radical (unpaired) electrons. The lowest BCUT2D eigenvalue weighted by Crippen LogP contribution is -2.46. The minimum Gasteiger partial charge on any atom is -0.457 e. The molecule has 10 atom stereocenters. The summed E-state index contributed by atoms with van der Waals surface area (Å²) in [5.74, 6) is -0.973. The standard InChI is InChI=1S/C36H60N2O10/c1-8-28(40)26(4)33-29(46-33)23-35(5,43)14-9-10-24(2)32-25(3)11-12-30(36(6,44)15-13-27(39)22-31(41)48-32)47-34(42)37(7)16-17-38-18-20-45-21-19-38/h9-12,14,25-30,32-33,39-40,43-44H,8,13,15-23H2,1-7H3/b12-11-,14-9+,24-10+. The van der Waals surface area contributed by atoms with Crippen LogP contribution >= 0.6 is 0 Å². The number of aliphatic hydroxyl groups is 4. The van der Waals surface area contributed by atoms with Crippen LogP contribution in [0.3, 0.4) is 0 Å². The smallest absolute Gasteiger partial charge is 0.410 e. The Morgan fingerprint density at radius 1 is 1.29 bits per heavy atom. The van der Waals surface area contributed by atoms with Crippen LogP contribution in [0.5, 0.6) is 0 Å². The van der Waals surface area contributed by atoms with Crippen molar-refractivity contribution >= 4 is 12.1 Å². The number of likely N-dealkylation sites (N-methyl/N-ethyl adjacent to an activating group) is 1. The van der Waals surface area contributed by atoms with E-state index in [4.69, 9.17) is 18.9 Å². The molecule has 12 heteroatoms. The fraction of sp³-hybridized carbons (Fsp3) is 0.778. The number of allylic oxidation sites excluding steroid dienone is 2. The number of hydrogen-bond acceptors (Lipinski definition) is 11. The molecule has 0 spiro atoms. The number of esters is 1. The molecule has 3 aliphatic heterocycles. The Hall–Kier alpha value is -2.32. The minimum atomic E-state index is -1.51. The van der Waals surface area contributed by atoms with Crippen molar-refractivity contribution in [3.8, 4) is 0 Å². The molecule has 2 saturated heterocycles. The van der Waals surface area contributed by atoms with Gasteiger partial charge >= 0.3 is 12.1 Å². The highest BCUT2D eigenvalue weighted by atomic mass is 16.6. The first-order valence-corrected chi connectivity index (χ1v) is 17.4. The second kappa shape index (κ2) is 18.1. The summed E-state index contributed by atoms with van der Waals surface area (Å²) in [6, 6.07) is 0. The molecule has 274 valence electrons. The third kappa shape index (κ3) is 12.5. The van der Waals surface area contributed by atoms with Gasteiger partial charge in [-0.15, -0.1) is 0 Å². The van der Waals surface area contributed by atoms with Gasteiger partial charge in [-0.3, -0.25) is 9.69 Å². The Bertz CT molecular complexity index is 1130. The highest BCUT2D eigenvalue weighted by Crippen LogP contribution is 2.37. The summed E-state index contributed by atoms with van der Waals surface area (Å²) in [6.45, 7) is 14.9. The largest absolute Gasteiger partial charge is 0.457 e. The normalized spacial score (nSPS) is 34.2. The number of hydrogen-bond donors (Lipinski definition) is 4. The molecule has 3 aliphatic rings. The van der Waals surface area contributed by atoms with Crippen LogP contribution in [0.2, 0.25) is 0 Å². The van der Waals surface area contributed by atoms with Crippen molar-refractivity contribution in [1.82, 2.24) is 9.80 Å². The highest BCUT2D eigenvalue weighted by molar-refractivity contribution is 5.70. The van der Waals surface area contributed by atoms with E-state index in [-0.39, 0.29) is 43.3 Å². The third-order valence-corrected chi connectivity index (χ3v) is 9.76. The van der Waals surface area contributed by atoms with E-state index in [0.29, 0.717) is 44.7 Å². The molecule has 0 aromatic rings. The van der Waals surface area contributed by atoms with Crippen molar-refractivity contribution < 1.29 is 49.0 Å². The molecule has 10 unspecified atom stereocenters. The molecule has 0 aromatic heterocycles. The number of rotatable bonds is 12. The fourth-order valence-electron chi connectivity index (χ4n) is 6.21. The first-order valence-electron chi connectivity index (χ1n) is 17.4. The van der Waals surface area contributed by atoms with Gasteiger partial charge in [-0.1, -0.05) is 45.1 Å². The van der Waals surface area contributed by atoms with Crippen LogP contribution in [0.25, 0.3) is 0 Å². The summed E-state index contributed by atoms with van der Waals surface area (Å²) in [7, 11) is 1.66. The SMILES string of the molecule is CCC(O)C(C)C1OC1CC(C)(O)/C=C/C=C(\C)C1OC(=O)CC(O)CCC(C)(O)C(OC(=O)N(C)CCN2CCOCC2)/C=C\C1C. The van der Waals surface area contributed by atoms with E-state index in [1.165, 1.54) is 4.90 Å². The van der Waals surface area contributed by atoms with Crippen LogP contribution in [-0.4, -0.2) is 137 Å². The summed E-state index contributed by atoms with van der Waals surface area (Å²) >= 11 is 0. The number of nitrogens with zero attached hydrogens (tertiary/aromatic N) is 2. The molecule has 3 rings (SSSR count). The number of ether oxygens (including phenoxy) is 4. The van der Waals surface area contributed by atoms with Gasteiger partial charge in [0.05, 0.1) is 49.7 Å². The summed E-state index contributed by atoms with van der Waals surface area (Å²) in [5.41, 5.74) is -1.97. The van der Waals surface area contributed by atoms with E-state index in [0.717, 1.165) is 13.1 Å². The number of epoxide rings is 1. The lowest BCUT2D eigenvalue weighted by molar-refractivity contribution is -0.151. The Balaban J connectivity index is 1.71. The molecular weight excluding hydrogens is 620 g/mol. The van der Waals surface area contributed by atoms with E-state index in [9.17, 15) is 30.0 Å². The van der Waals surface area contributed by atoms with Crippen molar-refractivity contribution in [2.75, 3.05) is 46.4 Å². The zero-order valence-corrected chi connectivity index (χ0v) is 29.9. The van der Waals surface area contributed by atoms with Gasteiger partial charge in [0.2, 0.25) is 0 Å². The number of amides is 1. The van der Waals surface area contributed by atoms with Crippen LogP contribution in [0.4, 0.5) is 4.79 Å². The van der Waals surface area contributed by atoms with Crippen LogP contribution in [-0.2, 0) is 23.7 Å². The average Bonchev–Trinajstić information content (AvgIpc) is 3.80. The molecule has 0 bridgehead atoms. The molecule has 0 saturated carbocycles. The first-order chi connectivity index (χ1) is 22.5. The minimum absolute atomic E-state index is 0.0150. The van der Waals surface area contributed by atoms with Gasteiger partial charge in [-0.2, -0.15) is 0 Å². The quantitative estimate of drug-likeness (QED) is 0.104. The molecule has 1 amide bonds. The maximum absolute atomic E-state index is 13.1. The van der Waals surface area contributed by atoms with Gasteiger partial charge < -0.3 is 44.3 Å².